The van der Waals surface area contributed by atoms with Gasteiger partial charge in [-0.25, -0.2) is 4.79 Å². The van der Waals surface area contributed by atoms with Crippen molar-refractivity contribution in [1.82, 2.24) is 0 Å². The molecule has 0 spiro atoms. The van der Waals surface area contributed by atoms with Crippen LogP contribution in [0.4, 0.5) is 5.69 Å². The zero-order valence-corrected chi connectivity index (χ0v) is 16.5. The van der Waals surface area contributed by atoms with Crippen LogP contribution in [0.1, 0.15) is 15.9 Å². The number of hydrogen-bond acceptors (Lipinski definition) is 7. The summed E-state index contributed by atoms with van der Waals surface area (Å²) in [6.07, 6.45) is 1.66. The van der Waals surface area contributed by atoms with E-state index in [1.54, 1.807) is 31.4 Å². The molecule has 2 aromatic rings. The van der Waals surface area contributed by atoms with E-state index >= 15 is 0 Å². The molecular weight excluding hydrogens is 402 g/mol. The fraction of sp³-hybridized carbons (Fsp3) is 0.105. The Kier molecular flexibility index (Phi) is 5.57. The highest BCUT2D eigenvalue weighted by Gasteiger charge is 2.34. The van der Waals surface area contributed by atoms with Crippen molar-refractivity contribution in [2.75, 3.05) is 19.1 Å². The first-order chi connectivity index (χ1) is 13.3. The van der Waals surface area contributed by atoms with E-state index in [-0.39, 0.29) is 21.5 Å². The largest absolute Gasteiger partial charge is 0.507 e. The average molecular weight is 417 g/mol. The molecule has 1 saturated heterocycles. The zero-order valence-electron chi connectivity index (χ0n) is 14.8. The van der Waals surface area contributed by atoms with Crippen LogP contribution >= 0.6 is 24.0 Å². The van der Waals surface area contributed by atoms with Crippen LogP contribution in [0.5, 0.6) is 17.2 Å². The molecule has 0 unspecified atom stereocenters. The number of aromatic carboxylic acids is 1. The molecule has 3 rings (SSSR count). The van der Waals surface area contributed by atoms with Crippen LogP contribution in [0.15, 0.2) is 41.3 Å². The maximum Gasteiger partial charge on any atom is 0.339 e. The van der Waals surface area contributed by atoms with E-state index in [1.165, 1.54) is 30.2 Å². The lowest BCUT2D eigenvalue weighted by molar-refractivity contribution is -0.113. The number of phenols is 1. The van der Waals surface area contributed by atoms with Gasteiger partial charge in [0.2, 0.25) is 0 Å². The first-order valence-electron chi connectivity index (χ1n) is 7.92. The van der Waals surface area contributed by atoms with Crippen molar-refractivity contribution in [2.24, 2.45) is 0 Å². The van der Waals surface area contributed by atoms with Crippen LogP contribution in [0, 0.1) is 0 Å². The number of anilines is 1. The second-order valence-corrected chi connectivity index (χ2v) is 7.31. The van der Waals surface area contributed by atoms with Crippen molar-refractivity contribution in [3.8, 4) is 17.2 Å². The van der Waals surface area contributed by atoms with Crippen LogP contribution in [0.2, 0.25) is 0 Å². The molecule has 0 aromatic heterocycles. The molecule has 7 nitrogen and oxygen atoms in total. The van der Waals surface area contributed by atoms with Crippen LogP contribution < -0.4 is 14.4 Å². The van der Waals surface area contributed by atoms with Gasteiger partial charge in [0.15, 0.2) is 4.32 Å². The zero-order chi connectivity index (χ0) is 20.4. The SMILES string of the molecule is COc1ccc(C=C2SC(=S)N(c3ccc(C(=O)O)c(O)c3)C2=O)c(OC)c1. The van der Waals surface area contributed by atoms with Crippen LogP contribution in [0.3, 0.4) is 0 Å². The summed E-state index contributed by atoms with van der Waals surface area (Å²) in [6, 6.07) is 9.06. The van der Waals surface area contributed by atoms with Gasteiger partial charge in [-0.1, -0.05) is 24.0 Å². The van der Waals surface area contributed by atoms with Gasteiger partial charge < -0.3 is 19.7 Å². The predicted molar refractivity (Wildman–Crippen MR) is 110 cm³/mol. The smallest absolute Gasteiger partial charge is 0.339 e. The first kappa shape index (κ1) is 19.7. The molecule has 1 aliphatic heterocycles. The number of ether oxygens (including phenoxy) is 2. The third kappa shape index (κ3) is 3.67. The lowest BCUT2D eigenvalue weighted by atomic mass is 10.1. The number of carboxylic acid groups (broad SMARTS) is 1. The lowest BCUT2D eigenvalue weighted by Gasteiger charge is -2.15. The van der Waals surface area contributed by atoms with Gasteiger partial charge >= 0.3 is 5.97 Å². The van der Waals surface area contributed by atoms with Gasteiger partial charge in [-0.3, -0.25) is 9.69 Å². The van der Waals surface area contributed by atoms with Crippen LogP contribution in [-0.2, 0) is 4.79 Å². The number of rotatable bonds is 5. The Morgan fingerprint density at radius 1 is 1.18 bits per heavy atom. The highest BCUT2D eigenvalue weighted by atomic mass is 32.2. The summed E-state index contributed by atoms with van der Waals surface area (Å²) in [5.41, 5.74) is 0.704. The monoisotopic (exact) mass is 417 g/mol. The molecule has 0 saturated carbocycles. The normalized spacial score (nSPS) is 15.2. The van der Waals surface area contributed by atoms with Gasteiger partial charge in [0.05, 0.1) is 24.8 Å². The number of thiocarbonyl (C=S) groups is 1. The summed E-state index contributed by atoms with van der Waals surface area (Å²) >= 11 is 6.40. The van der Waals surface area contributed by atoms with E-state index in [0.29, 0.717) is 22.0 Å². The second kappa shape index (κ2) is 7.91. The highest BCUT2D eigenvalue weighted by molar-refractivity contribution is 8.27. The van der Waals surface area contributed by atoms with Crippen molar-refractivity contribution in [1.29, 1.82) is 0 Å². The Balaban J connectivity index is 1.95. The van der Waals surface area contributed by atoms with Gasteiger partial charge in [0.1, 0.15) is 22.8 Å². The quantitative estimate of drug-likeness (QED) is 0.564. The number of benzene rings is 2. The number of carbonyl (C=O) groups excluding carboxylic acids is 1. The molecule has 0 aliphatic carbocycles. The van der Waals surface area contributed by atoms with Crippen molar-refractivity contribution in [2.45, 2.75) is 0 Å². The Bertz CT molecular complexity index is 1020. The maximum absolute atomic E-state index is 12.9. The Hall–Kier alpha value is -3.04. The van der Waals surface area contributed by atoms with Crippen molar-refractivity contribution < 1.29 is 29.3 Å². The van der Waals surface area contributed by atoms with Crippen molar-refractivity contribution in [3.05, 3.63) is 52.4 Å². The minimum absolute atomic E-state index is 0.257. The molecule has 2 N–H and O–H groups in total. The molecule has 1 fully saturated rings. The minimum Gasteiger partial charge on any atom is -0.507 e. The Morgan fingerprint density at radius 3 is 2.54 bits per heavy atom. The fourth-order valence-electron chi connectivity index (χ4n) is 2.61. The summed E-state index contributed by atoms with van der Waals surface area (Å²) in [5.74, 6) is -0.931. The highest BCUT2D eigenvalue weighted by Crippen LogP contribution is 2.38. The van der Waals surface area contributed by atoms with Crippen molar-refractivity contribution >= 4 is 51.9 Å². The van der Waals surface area contributed by atoms with Crippen LogP contribution in [-0.4, -0.2) is 40.6 Å². The molecule has 2 aromatic carbocycles. The fourth-order valence-corrected chi connectivity index (χ4v) is 3.90. The molecule has 28 heavy (non-hydrogen) atoms. The van der Waals surface area contributed by atoms with E-state index in [0.717, 1.165) is 11.8 Å². The number of aromatic hydroxyl groups is 1. The van der Waals surface area contributed by atoms with Gasteiger partial charge in [-0.05, 0) is 30.3 Å². The molecule has 9 heteroatoms. The molecule has 0 radical (unpaired) electrons. The summed E-state index contributed by atoms with van der Waals surface area (Å²) in [4.78, 5) is 25.5. The van der Waals surface area contributed by atoms with Gasteiger partial charge in [0.25, 0.3) is 5.91 Å². The summed E-state index contributed by atoms with van der Waals surface area (Å²) < 4.78 is 10.8. The maximum atomic E-state index is 12.9. The second-order valence-electron chi connectivity index (χ2n) is 5.63. The molecule has 1 heterocycles. The van der Waals surface area contributed by atoms with Crippen molar-refractivity contribution in [3.63, 3.8) is 0 Å². The third-order valence-corrected chi connectivity index (χ3v) is 5.29. The molecule has 1 amide bonds. The lowest BCUT2D eigenvalue weighted by Crippen LogP contribution is -2.27. The van der Waals surface area contributed by atoms with Gasteiger partial charge in [-0.15, -0.1) is 0 Å². The minimum atomic E-state index is -1.26. The van der Waals surface area contributed by atoms with E-state index in [1.807, 2.05) is 0 Å². The van der Waals surface area contributed by atoms with Gasteiger partial charge in [0, 0.05) is 17.7 Å². The number of hydrogen-bond donors (Lipinski definition) is 2. The summed E-state index contributed by atoms with van der Waals surface area (Å²) in [6.45, 7) is 0. The predicted octanol–water partition coefficient (Wildman–Crippen LogP) is 3.51. The number of carbonyl (C=O) groups is 2. The van der Waals surface area contributed by atoms with E-state index in [4.69, 9.17) is 26.8 Å². The molecule has 0 bridgehead atoms. The van der Waals surface area contributed by atoms with E-state index in [2.05, 4.69) is 0 Å². The average Bonchev–Trinajstić information content (AvgIpc) is 2.94. The Labute approximate surface area is 170 Å². The number of nitrogens with zero attached hydrogens (tertiary/aromatic N) is 1. The standard InChI is InChI=1S/C19H15NO6S2/c1-25-12-5-3-10(15(9-12)26-2)7-16-17(22)20(19(27)28-16)11-4-6-13(18(23)24)14(21)8-11/h3-9,21H,1-2H3,(H,23,24). The van der Waals surface area contributed by atoms with Gasteiger partial charge in [-0.2, -0.15) is 0 Å². The third-order valence-electron chi connectivity index (χ3n) is 3.99. The molecule has 1 aliphatic rings. The van der Waals surface area contributed by atoms with Crippen LogP contribution in [0.25, 0.3) is 6.08 Å². The number of thioether (sulfide) groups is 1. The summed E-state index contributed by atoms with van der Waals surface area (Å²) in [5, 5.41) is 18.9. The first-order valence-corrected chi connectivity index (χ1v) is 9.14. The van der Waals surface area contributed by atoms with E-state index in [9.17, 15) is 14.7 Å². The topological polar surface area (TPSA) is 96.3 Å². The number of carboxylic acids is 1. The molecule has 144 valence electrons. The number of amides is 1. The number of methoxy groups -OCH3 is 2. The Morgan fingerprint density at radius 2 is 1.93 bits per heavy atom. The van der Waals surface area contributed by atoms with E-state index < -0.39 is 11.7 Å². The summed E-state index contributed by atoms with van der Waals surface area (Å²) in [7, 11) is 3.06. The molecule has 0 atom stereocenters. The molecular formula is C19H15NO6S2.